The Bertz CT molecular complexity index is 759. The lowest BCUT2D eigenvalue weighted by Crippen LogP contribution is -2.43. The molecule has 9 nitrogen and oxygen atoms in total. The molecule has 2 aromatic rings. The third-order valence-electron chi connectivity index (χ3n) is 3.67. The molecule has 0 saturated heterocycles. The van der Waals surface area contributed by atoms with Crippen LogP contribution in [0.4, 0.5) is 4.79 Å². The first kappa shape index (κ1) is 21.9. The van der Waals surface area contributed by atoms with Crippen LogP contribution < -0.4 is 10.6 Å². The Morgan fingerprint density at radius 1 is 1.33 bits per heavy atom. The molecule has 0 unspecified atom stereocenters. The number of amides is 3. The largest absolute Gasteiger partial charge is 0.483 e. The quantitative estimate of drug-likeness (QED) is 0.431. The van der Waals surface area contributed by atoms with E-state index in [-0.39, 0.29) is 31.5 Å². The Morgan fingerprint density at radius 2 is 2.04 bits per heavy atom. The summed E-state index contributed by atoms with van der Waals surface area (Å²) in [5.41, 5.74) is 2.96. The summed E-state index contributed by atoms with van der Waals surface area (Å²) in [4.78, 5) is 41.1. The maximum absolute atomic E-state index is 12.0. The number of benzene rings is 1. The number of carbonyl (C=O) groups is 3. The third kappa shape index (κ3) is 7.76. The highest BCUT2D eigenvalue weighted by Gasteiger charge is 2.13. The van der Waals surface area contributed by atoms with Crippen molar-refractivity contribution in [2.24, 2.45) is 0 Å². The Kier molecular flexibility index (Phi) is 9.35. The molecule has 1 aromatic carbocycles. The number of nitrogens with zero attached hydrogens (tertiary/aromatic N) is 2. The molecule has 0 saturated carbocycles. The minimum Gasteiger partial charge on any atom is -0.483 e. The summed E-state index contributed by atoms with van der Waals surface area (Å²) in [5, 5.41) is 12.4. The molecule has 9 heteroatoms. The zero-order valence-electron chi connectivity index (χ0n) is 15.9. The number of aryl methyl sites for hydroxylation is 1. The SMILES string of the molecule is CCCCNC(=O)CN(C)C(=O)NCc1nc2ccc(C)cc2[nH]1.O=CO. The number of urea groups is 1. The van der Waals surface area contributed by atoms with Gasteiger partial charge in [-0.1, -0.05) is 19.4 Å². The number of carbonyl (C=O) groups excluding carboxylic acids is 2. The van der Waals surface area contributed by atoms with Crippen LogP contribution in [-0.4, -0.2) is 58.5 Å². The van der Waals surface area contributed by atoms with Crippen molar-refractivity contribution in [3.05, 3.63) is 29.6 Å². The van der Waals surface area contributed by atoms with Gasteiger partial charge in [-0.2, -0.15) is 0 Å². The molecule has 0 aliphatic carbocycles. The molecule has 4 N–H and O–H groups in total. The monoisotopic (exact) mass is 377 g/mol. The summed E-state index contributed by atoms with van der Waals surface area (Å²) in [6.07, 6.45) is 1.96. The van der Waals surface area contributed by atoms with Crippen LogP contribution in [0.25, 0.3) is 11.0 Å². The van der Waals surface area contributed by atoms with E-state index in [1.165, 1.54) is 4.90 Å². The summed E-state index contributed by atoms with van der Waals surface area (Å²) in [7, 11) is 1.59. The van der Waals surface area contributed by atoms with Crippen LogP contribution in [0.5, 0.6) is 0 Å². The number of nitrogens with one attached hydrogen (secondary N) is 3. The normalized spacial score (nSPS) is 9.89. The Hall–Kier alpha value is -3.10. The molecule has 0 radical (unpaired) electrons. The van der Waals surface area contributed by atoms with Gasteiger partial charge in [0.2, 0.25) is 5.91 Å². The van der Waals surface area contributed by atoms with Crippen molar-refractivity contribution in [1.82, 2.24) is 25.5 Å². The second-order valence-corrected chi connectivity index (χ2v) is 6.03. The van der Waals surface area contributed by atoms with Crippen molar-refractivity contribution in [1.29, 1.82) is 0 Å². The van der Waals surface area contributed by atoms with Gasteiger partial charge in [0.05, 0.1) is 17.6 Å². The van der Waals surface area contributed by atoms with Crippen LogP contribution >= 0.6 is 0 Å². The first-order valence-electron chi connectivity index (χ1n) is 8.70. The summed E-state index contributed by atoms with van der Waals surface area (Å²) in [6.45, 7) is 4.79. The molecule has 27 heavy (non-hydrogen) atoms. The van der Waals surface area contributed by atoms with Crippen molar-refractivity contribution < 1.29 is 19.5 Å². The van der Waals surface area contributed by atoms with Crippen LogP contribution in [0.2, 0.25) is 0 Å². The van der Waals surface area contributed by atoms with Crippen LogP contribution in [0.1, 0.15) is 31.2 Å². The van der Waals surface area contributed by atoms with Crippen LogP contribution in [-0.2, 0) is 16.1 Å². The predicted molar refractivity (Wildman–Crippen MR) is 102 cm³/mol. The molecule has 0 atom stereocenters. The average molecular weight is 377 g/mol. The van der Waals surface area contributed by atoms with E-state index in [0.717, 1.165) is 29.4 Å². The smallest absolute Gasteiger partial charge is 0.317 e. The standard InChI is InChI=1S/C17H25N5O2.CH2O2/c1-4-5-8-18-16(23)11-22(3)17(24)19-10-15-20-13-7-6-12(2)9-14(13)21-15;2-1-3/h6-7,9H,4-5,8,10-11H2,1-3H3,(H,18,23)(H,19,24)(H,20,21);1H,(H,2,3). The van der Waals surface area contributed by atoms with E-state index in [2.05, 4.69) is 27.5 Å². The van der Waals surface area contributed by atoms with Gasteiger partial charge >= 0.3 is 6.03 Å². The lowest BCUT2D eigenvalue weighted by Gasteiger charge is -2.17. The van der Waals surface area contributed by atoms with E-state index < -0.39 is 0 Å². The number of carboxylic acid groups (broad SMARTS) is 1. The van der Waals surface area contributed by atoms with Gasteiger partial charge in [-0.3, -0.25) is 9.59 Å². The maximum Gasteiger partial charge on any atom is 0.317 e. The Morgan fingerprint density at radius 3 is 2.70 bits per heavy atom. The van der Waals surface area contributed by atoms with Gasteiger partial charge in [-0.15, -0.1) is 0 Å². The van der Waals surface area contributed by atoms with Crippen molar-refractivity contribution >= 4 is 29.4 Å². The second kappa shape index (κ2) is 11.5. The fourth-order valence-electron chi connectivity index (χ4n) is 2.30. The molecule has 2 rings (SSSR count). The van der Waals surface area contributed by atoms with Crippen molar-refractivity contribution in [3.8, 4) is 0 Å². The third-order valence-corrected chi connectivity index (χ3v) is 3.67. The number of hydrogen-bond donors (Lipinski definition) is 4. The molecule has 0 spiro atoms. The Balaban J connectivity index is 0.00000114. The van der Waals surface area contributed by atoms with Gasteiger partial charge in [0.1, 0.15) is 12.4 Å². The topological polar surface area (TPSA) is 127 Å². The molecule has 0 aliphatic rings. The zero-order valence-corrected chi connectivity index (χ0v) is 15.9. The fourth-order valence-corrected chi connectivity index (χ4v) is 2.30. The Labute approximate surface area is 158 Å². The lowest BCUT2D eigenvalue weighted by atomic mass is 10.2. The zero-order chi connectivity index (χ0) is 20.2. The molecule has 3 amide bonds. The maximum atomic E-state index is 12.0. The molecule has 1 heterocycles. The summed E-state index contributed by atoms with van der Waals surface area (Å²) in [5.74, 6) is 0.532. The van der Waals surface area contributed by atoms with E-state index in [1.54, 1.807) is 7.05 Å². The van der Waals surface area contributed by atoms with Gasteiger partial charge in [0.15, 0.2) is 0 Å². The highest BCUT2D eigenvalue weighted by molar-refractivity contribution is 5.83. The summed E-state index contributed by atoms with van der Waals surface area (Å²) in [6, 6.07) is 5.65. The number of aromatic amines is 1. The molecule has 0 bridgehead atoms. The molecule has 0 fully saturated rings. The van der Waals surface area contributed by atoms with Crippen LogP contribution in [0.3, 0.4) is 0 Å². The minimum absolute atomic E-state index is 0.0366. The lowest BCUT2D eigenvalue weighted by molar-refractivity contribution is -0.123. The van der Waals surface area contributed by atoms with Crippen molar-refractivity contribution in [2.45, 2.75) is 33.2 Å². The number of likely N-dealkylation sites (N-methyl/N-ethyl adjacent to an activating group) is 1. The second-order valence-electron chi connectivity index (χ2n) is 6.03. The van der Waals surface area contributed by atoms with E-state index >= 15 is 0 Å². The van der Waals surface area contributed by atoms with E-state index in [4.69, 9.17) is 9.90 Å². The number of aromatic nitrogens is 2. The average Bonchev–Trinajstić information content (AvgIpc) is 3.02. The van der Waals surface area contributed by atoms with Gasteiger partial charge < -0.3 is 25.6 Å². The minimum atomic E-state index is -0.308. The van der Waals surface area contributed by atoms with Gasteiger partial charge in [-0.25, -0.2) is 9.78 Å². The van der Waals surface area contributed by atoms with Crippen LogP contribution in [0, 0.1) is 6.92 Å². The number of fused-ring (bicyclic) bond motifs is 1. The number of unbranched alkanes of at least 4 members (excludes halogenated alkanes) is 1. The van der Waals surface area contributed by atoms with Gasteiger partial charge in [-0.05, 0) is 31.0 Å². The van der Waals surface area contributed by atoms with E-state index in [9.17, 15) is 9.59 Å². The molecule has 1 aromatic heterocycles. The summed E-state index contributed by atoms with van der Waals surface area (Å²) >= 11 is 0. The number of rotatable bonds is 7. The first-order valence-corrected chi connectivity index (χ1v) is 8.70. The van der Waals surface area contributed by atoms with Crippen molar-refractivity contribution in [3.63, 3.8) is 0 Å². The predicted octanol–water partition coefficient (Wildman–Crippen LogP) is 1.63. The van der Waals surface area contributed by atoms with Crippen LogP contribution in [0.15, 0.2) is 18.2 Å². The van der Waals surface area contributed by atoms with Crippen molar-refractivity contribution in [2.75, 3.05) is 20.1 Å². The fraction of sp³-hybridized carbons (Fsp3) is 0.444. The molecule has 0 aliphatic heterocycles. The van der Waals surface area contributed by atoms with E-state index in [0.29, 0.717) is 12.4 Å². The number of hydrogen-bond acceptors (Lipinski definition) is 4. The summed E-state index contributed by atoms with van der Waals surface area (Å²) < 4.78 is 0. The van der Waals surface area contributed by atoms with E-state index in [1.807, 2.05) is 25.1 Å². The highest BCUT2D eigenvalue weighted by Crippen LogP contribution is 2.13. The molecule has 148 valence electrons. The first-order chi connectivity index (χ1) is 12.9. The van der Waals surface area contributed by atoms with Gasteiger partial charge in [0.25, 0.3) is 6.47 Å². The number of H-pyrrole nitrogens is 1. The van der Waals surface area contributed by atoms with Gasteiger partial charge in [0, 0.05) is 13.6 Å². The highest BCUT2D eigenvalue weighted by atomic mass is 16.3. The molecular weight excluding hydrogens is 350 g/mol. The molecular formula is C18H27N5O4. The number of imidazole rings is 1.